The van der Waals surface area contributed by atoms with Crippen molar-refractivity contribution < 1.29 is 18.3 Å². The minimum Gasteiger partial charge on any atom is -0.480 e. The topological polar surface area (TPSA) is 74.7 Å². The predicted molar refractivity (Wildman–Crippen MR) is 79.7 cm³/mol. The maximum Gasteiger partial charge on any atom is 0.322 e. The fourth-order valence-corrected chi connectivity index (χ4v) is 4.25. The molecular weight excluding hydrogens is 290 g/mol. The Morgan fingerprint density at radius 3 is 2.38 bits per heavy atom. The zero-order valence-electron chi connectivity index (χ0n) is 12.3. The molecule has 1 aromatic carbocycles. The van der Waals surface area contributed by atoms with Gasteiger partial charge in [-0.05, 0) is 42.9 Å². The van der Waals surface area contributed by atoms with Crippen LogP contribution in [0.3, 0.4) is 0 Å². The number of hydrogen-bond acceptors (Lipinski definition) is 3. The lowest BCUT2D eigenvalue weighted by Gasteiger charge is -2.31. The van der Waals surface area contributed by atoms with Crippen LogP contribution in [0.1, 0.15) is 44.6 Å². The summed E-state index contributed by atoms with van der Waals surface area (Å²) >= 11 is 0. The van der Waals surface area contributed by atoms with Crippen LogP contribution in [0.5, 0.6) is 0 Å². The van der Waals surface area contributed by atoms with Gasteiger partial charge in [0.15, 0.2) is 0 Å². The van der Waals surface area contributed by atoms with Crippen LogP contribution in [0.2, 0.25) is 0 Å². The van der Waals surface area contributed by atoms with Crippen molar-refractivity contribution in [1.82, 2.24) is 4.31 Å². The van der Waals surface area contributed by atoms with Crippen molar-refractivity contribution in [3.05, 3.63) is 29.8 Å². The highest BCUT2D eigenvalue weighted by atomic mass is 32.2. The van der Waals surface area contributed by atoms with Gasteiger partial charge in [0.25, 0.3) is 0 Å². The Labute approximate surface area is 125 Å². The third kappa shape index (κ3) is 3.27. The standard InChI is InChI=1S/C15H21NO4S/c1-11(2)12-6-8-13(9-7-12)21(19,20)16-10-4-3-5-14(16)15(17)18/h6-9,11,14H,3-5,10H2,1-2H3,(H,17,18)/t14-/m1/s1. The van der Waals surface area contributed by atoms with E-state index in [0.717, 1.165) is 16.3 Å². The lowest BCUT2D eigenvalue weighted by Crippen LogP contribution is -2.47. The Morgan fingerprint density at radius 2 is 1.86 bits per heavy atom. The summed E-state index contributed by atoms with van der Waals surface area (Å²) in [6.45, 7) is 4.34. The number of carbonyl (C=O) groups is 1. The van der Waals surface area contributed by atoms with Crippen LogP contribution >= 0.6 is 0 Å². The van der Waals surface area contributed by atoms with E-state index in [1.807, 2.05) is 13.8 Å². The summed E-state index contributed by atoms with van der Waals surface area (Å²) in [5.74, 6) is -0.749. The van der Waals surface area contributed by atoms with Gasteiger partial charge < -0.3 is 5.11 Å². The molecule has 1 heterocycles. The third-order valence-electron chi connectivity index (χ3n) is 3.89. The van der Waals surface area contributed by atoms with Gasteiger partial charge in [0.2, 0.25) is 10.0 Å². The van der Waals surface area contributed by atoms with Gasteiger partial charge >= 0.3 is 5.97 Å². The number of carboxylic acids is 1. The van der Waals surface area contributed by atoms with E-state index in [2.05, 4.69) is 0 Å². The molecule has 0 radical (unpaired) electrons. The van der Waals surface area contributed by atoms with Gasteiger partial charge in [-0.3, -0.25) is 4.79 Å². The SMILES string of the molecule is CC(C)c1ccc(S(=O)(=O)N2CCCC[C@@H]2C(=O)O)cc1. The number of sulfonamides is 1. The molecule has 0 aliphatic carbocycles. The monoisotopic (exact) mass is 311 g/mol. The van der Waals surface area contributed by atoms with Crippen LogP contribution in [-0.2, 0) is 14.8 Å². The molecule has 1 aliphatic rings. The summed E-state index contributed by atoms with van der Waals surface area (Å²) < 4.78 is 26.4. The van der Waals surface area contributed by atoms with Gasteiger partial charge in [0, 0.05) is 6.54 Å². The lowest BCUT2D eigenvalue weighted by atomic mass is 10.0. The fourth-order valence-electron chi connectivity index (χ4n) is 2.60. The molecule has 0 saturated carbocycles. The molecule has 1 aliphatic heterocycles. The molecule has 0 spiro atoms. The molecule has 1 atom stereocenters. The van der Waals surface area contributed by atoms with Crippen LogP contribution in [0.25, 0.3) is 0 Å². The predicted octanol–water partition coefficient (Wildman–Crippen LogP) is 2.44. The van der Waals surface area contributed by atoms with Crippen molar-refractivity contribution >= 4 is 16.0 Å². The van der Waals surface area contributed by atoms with E-state index in [-0.39, 0.29) is 11.4 Å². The Bertz CT molecular complexity index is 607. The highest BCUT2D eigenvalue weighted by Crippen LogP contribution is 2.26. The number of carboxylic acid groups (broad SMARTS) is 1. The molecule has 6 heteroatoms. The van der Waals surface area contributed by atoms with Gasteiger partial charge in [-0.25, -0.2) is 8.42 Å². The number of nitrogens with zero attached hydrogens (tertiary/aromatic N) is 1. The van der Waals surface area contributed by atoms with Crippen LogP contribution in [-0.4, -0.2) is 36.4 Å². The van der Waals surface area contributed by atoms with E-state index in [0.29, 0.717) is 18.8 Å². The average Bonchev–Trinajstić information content (AvgIpc) is 2.47. The van der Waals surface area contributed by atoms with Crippen LogP contribution in [0.15, 0.2) is 29.2 Å². The van der Waals surface area contributed by atoms with E-state index in [1.54, 1.807) is 24.3 Å². The summed E-state index contributed by atoms with van der Waals surface area (Å²) in [4.78, 5) is 11.4. The molecule has 0 bridgehead atoms. The number of aliphatic carboxylic acids is 1. The number of benzene rings is 1. The molecule has 1 fully saturated rings. The molecule has 0 aromatic heterocycles. The maximum absolute atomic E-state index is 12.6. The second kappa shape index (κ2) is 6.15. The van der Waals surface area contributed by atoms with Crippen LogP contribution in [0, 0.1) is 0 Å². The summed E-state index contributed by atoms with van der Waals surface area (Å²) in [6.07, 6.45) is 1.82. The van der Waals surface area contributed by atoms with Crippen molar-refractivity contribution in [2.75, 3.05) is 6.54 Å². The Kier molecular flexibility index (Phi) is 4.68. The normalized spacial score (nSPS) is 20.6. The zero-order chi connectivity index (χ0) is 15.6. The lowest BCUT2D eigenvalue weighted by molar-refractivity contribution is -0.142. The van der Waals surface area contributed by atoms with Crippen molar-refractivity contribution in [2.24, 2.45) is 0 Å². The van der Waals surface area contributed by atoms with E-state index >= 15 is 0 Å². The quantitative estimate of drug-likeness (QED) is 0.926. The Hall–Kier alpha value is -1.40. The van der Waals surface area contributed by atoms with Crippen molar-refractivity contribution in [2.45, 2.75) is 50.0 Å². The first-order chi connectivity index (χ1) is 9.84. The van der Waals surface area contributed by atoms with Gasteiger partial charge in [0.1, 0.15) is 6.04 Å². The zero-order valence-corrected chi connectivity index (χ0v) is 13.1. The highest BCUT2D eigenvalue weighted by Gasteiger charge is 2.37. The minimum absolute atomic E-state index is 0.167. The van der Waals surface area contributed by atoms with Crippen molar-refractivity contribution in [3.8, 4) is 0 Å². The molecule has 2 rings (SSSR count). The largest absolute Gasteiger partial charge is 0.480 e. The summed E-state index contributed by atoms with van der Waals surface area (Å²) in [5.41, 5.74) is 1.06. The molecule has 21 heavy (non-hydrogen) atoms. The summed E-state index contributed by atoms with van der Waals surface area (Å²) in [6, 6.07) is 5.76. The first kappa shape index (κ1) is 16.0. The molecule has 1 aromatic rings. The fraction of sp³-hybridized carbons (Fsp3) is 0.533. The van der Waals surface area contributed by atoms with Gasteiger partial charge in [-0.1, -0.05) is 26.0 Å². The molecule has 0 amide bonds. The average molecular weight is 311 g/mol. The minimum atomic E-state index is -3.75. The second-order valence-electron chi connectivity index (χ2n) is 5.69. The molecule has 1 N–H and O–H groups in total. The van der Waals surface area contributed by atoms with E-state index in [9.17, 15) is 18.3 Å². The number of hydrogen-bond donors (Lipinski definition) is 1. The molecule has 1 saturated heterocycles. The van der Waals surface area contributed by atoms with Crippen molar-refractivity contribution in [1.29, 1.82) is 0 Å². The summed E-state index contributed by atoms with van der Waals surface area (Å²) in [7, 11) is -3.75. The van der Waals surface area contributed by atoms with Gasteiger partial charge in [-0.2, -0.15) is 4.31 Å². The molecule has 0 unspecified atom stereocenters. The molecule has 116 valence electrons. The third-order valence-corrected chi connectivity index (χ3v) is 5.81. The van der Waals surface area contributed by atoms with Crippen LogP contribution in [0.4, 0.5) is 0 Å². The smallest absolute Gasteiger partial charge is 0.322 e. The molecule has 5 nitrogen and oxygen atoms in total. The van der Waals surface area contributed by atoms with Gasteiger partial charge in [0.05, 0.1) is 4.90 Å². The second-order valence-corrected chi connectivity index (χ2v) is 7.58. The van der Waals surface area contributed by atoms with Gasteiger partial charge in [-0.15, -0.1) is 0 Å². The number of rotatable bonds is 4. The Morgan fingerprint density at radius 1 is 1.24 bits per heavy atom. The number of piperidine rings is 1. The van der Waals surface area contributed by atoms with Crippen molar-refractivity contribution in [3.63, 3.8) is 0 Å². The Balaban J connectivity index is 2.33. The highest BCUT2D eigenvalue weighted by molar-refractivity contribution is 7.89. The molecular formula is C15H21NO4S. The first-order valence-electron chi connectivity index (χ1n) is 7.18. The first-order valence-corrected chi connectivity index (χ1v) is 8.62. The van der Waals surface area contributed by atoms with Crippen LogP contribution < -0.4 is 0 Å². The van der Waals surface area contributed by atoms with E-state index in [1.165, 1.54) is 0 Å². The van der Waals surface area contributed by atoms with E-state index < -0.39 is 22.0 Å². The maximum atomic E-state index is 12.6. The summed E-state index contributed by atoms with van der Waals surface area (Å²) in [5, 5.41) is 9.23. The van der Waals surface area contributed by atoms with E-state index in [4.69, 9.17) is 0 Å².